The van der Waals surface area contributed by atoms with Crippen molar-refractivity contribution >= 4 is 12.1 Å². The molecule has 0 radical (unpaired) electrons. The van der Waals surface area contributed by atoms with Crippen molar-refractivity contribution in [3.63, 3.8) is 0 Å². The van der Waals surface area contributed by atoms with Crippen LogP contribution < -0.4 is 4.74 Å². The second-order valence-corrected chi connectivity index (χ2v) is 6.52. The Morgan fingerprint density at radius 2 is 1.81 bits per heavy atom. The molecule has 0 saturated carbocycles. The number of halogens is 2. The van der Waals surface area contributed by atoms with E-state index in [0.717, 1.165) is 17.7 Å². The van der Waals surface area contributed by atoms with Crippen LogP contribution >= 0.6 is 0 Å². The van der Waals surface area contributed by atoms with Crippen molar-refractivity contribution in [3.8, 4) is 22.6 Å². The number of nitrogens with zero attached hydrogens (tertiary/aromatic N) is 1. The predicted octanol–water partition coefficient (Wildman–Crippen LogP) is 4.03. The molecule has 0 spiro atoms. The number of alkyl halides is 2. The van der Waals surface area contributed by atoms with E-state index in [1.165, 1.54) is 24.4 Å². The minimum Gasteiger partial charge on any atom is -0.504 e. The summed E-state index contributed by atoms with van der Waals surface area (Å²) in [4.78, 5) is 24.4. The molecule has 27 heavy (non-hydrogen) atoms. The van der Waals surface area contributed by atoms with Gasteiger partial charge in [-0.3, -0.25) is 0 Å². The second kappa shape index (κ2) is 7.65. The molecule has 0 atom stereocenters. The summed E-state index contributed by atoms with van der Waals surface area (Å²) in [7, 11) is 1.16. The summed E-state index contributed by atoms with van der Waals surface area (Å²) in [6.07, 6.45) is 0.527. The van der Waals surface area contributed by atoms with Gasteiger partial charge in [0.25, 0.3) is 0 Å². The minimum atomic E-state index is -3.08. The number of ether oxygens (including phenoxy) is 3. The molecule has 0 unspecified atom stereocenters. The highest BCUT2D eigenvalue weighted by Gasteiger charge is 2.24. The quantitative estimate of drug-likeness (QED) is 0.802. The molecule has 2 rings (SSSR count). The van der Waals surface area contributed by atoms with Gasteiger partial charge in [0, 0.05) is 11.8 Å². The first-order valence-electron chi connectivity index (χ1n) is 7.84. The fraction of sp³-hybridized carbons (Fsp3) is 0.333. The number of carbonyl (C=O) groups excluding carboxylic acids is 2. The lowest BCUT2D eigenvalue weighted by Crippen LogP contribution is -2.28. The van der Waals surface area contributed by atoms with E-state index in [9.17, 15) is 23.5 Å². The fourth-order valence-corrected chi connectivity index (χ4v) is 2.24. The Labute approximate surface area is 154 Å². The Hall–Kier alpha value is -3.10. The van der Waals surface area contributed by atoms with Crippen LogP contribution in [0, 0.1) is 0 Å². The van der Waals surface area contributed by atoms with Crippen molar-refractivity contribution in [1.82, 2.24) is 4.57 Å². The van der Waals surface area contributed by atoms with E-state index in [0.29, 0.717) is 11.1 Å². The van der Waals surface area contributed by atoms with Gasteiger partial charge in [-0.05, 0) is 44.5 Å². The number of aromatic nitrogens is 1. The number of esters is 1. The second-order valence-electron chi connectivity index (χ2n) is 6.52. The molecule has 1 aromatic carbocycles. The lowest BCUT2D eigenvalue weighted by atomic mass is 10.1. The average Bonchev–Trinajstić information content (AvgIpc) is 2.99. The van der Waals surface area contributed by atoms with Crippen LogP contribution in [0.5, 0.6) is 11.5 Å². The van der Waals surface area contributed by atoms with E-state index in [1.807, 2.05) is 0 Å². The number of rotatable bonds is 4. The lowest BCUT2D eigenvalue weighted by Gasteiger charge is -2.20. The van der Waals surface area contributed by atoms with Gasteiger partial charge in [0.15, 0.2) is 11.5 Å². The number of methoxy groups -OCH3 is 1. The summed E-state index contributed by atoms with van der Waals surface area (Å²) in [6.45, 7) is 1.94. The summed E-state index contributed by atoms with van der Waals surface area (Å²) in [5.41, 5.74) is -0.155. The number of benzene rings is 1. The third kappa shape index (κ3) is 4.96. The number of phenols is 1. The molecular weight excluding hydrogens is 364 g/mol. The monoisotopic (exact) mass is 383 g/mol. The maximum atomic E-state index is 12.4. The van der Waals surface area contributed by atoms with Crippen LogP contribution in [-0.2, 0) is 9.47 Å². The van der Waals surface area contributed by atoms with Crippen molar-refractivity contribution in [2.75, 3.05) is 7.11 Å². The lowest BCUT2D eigenvalue weighted by molar-refractivity contribution is -0.0512. The van der Waals surface area contributed by atoms with Gasteiger partial charge < -0.3 is 19.3 Å². The maximum Gasteiger partial charge on any atom is 0.419 e. The van der Waals surface area contributed by atoms with Gasteiger partial charge in [0.05, 0.1) is 7.11 Å². The smallest absolute Gasteiger partial charge is 0.419 e. The van der Waals surface area contributed by atoms with Crippen LogP contribution in [0.2, 0.25) is 0 Å². The van der Waals surface area contributed by atoms with Crippen LogP contribution in [0.3, 0.4) is 0 Å². The molecule has 0 aliphatic rings. The molecule has 9 heteroatoms. The van der Waals surface area contributed by atoms with Crippen LogP contribution in [0.25, 0.3) is 11.1 Å². The van der Waals surface area contributed by atoms with Crippen LogP contribution in [0.1, 0.15) is 31.3 Å². The Bertz CT molecular complexity index is 854. The molecule has 0 saturated heterocycles. The zero-order valence-corrected chi connectivity index (χ0v) is 15.2. The van der Waals surface area contributed by atoms with Gasteiger partial charge in [-0.15, -0.1) is 0 Å². The van der Waals surface area contributed by atoms with Gasteiger partial charge in [0.2, 0.25) is 0 Å². The molecule has 0 aliphatic carbocycles. The summed E-state index contributed by atoms with van der Waals surface area (Å²) < 4.78 is 39.7. The number of phenolic OH excluding ortho intramolecular Hbond substituents is 1. The van der Waals surface area contributed by atoms with Crippen LogP contribution in [0.15, 0.2) is 30.5 Å². The highest BCUT2D eigenvalue weighted by Crippen LogP contribution is 2.33. The molecule has 1 aromatic heterocycles. The normalized spacial score (nSPS) is 11.4. The van der Waals surface area contributed by atoms with Gasteiger partial charge in [-0.25, -0.2) is 14.2 Å². The fourth-order valence-electron chi connectivity index (χ4n) is 2.24. The van der Waals surface area contributed by atoms with E-state index in [1.54, 1.807) is 20.8 Å². The van der Waals surface area contributed by atoms with Crippen molar-refractivity contribution in [2.24, 2.45) is 0 Å². The summed E-state index contributed by atoms with van der Waals surface area (Å²) in [5.74, 6) is -1.68. The first-order valence-corrected chi connectivity index (χ1v) is 7.84. The molecule has 0 fully saturated rings. The maximum absolute atomic E-state index is 12.4. The van der Waals surface area contributed by atoms with Gasteiger partial charge in [0.1, 0.15) is 11.3 Å². The topological polar surface area (TPSA) is 87.0 Å². The van der Waals surface area contributed by atoms with Gasteiger partial charge >= 0.3 is 18.7 Å². The molecule has 7 nitrogen and oxygen atoms in total. The minimum absolute atomic E-state index is 0.0888. The average molecular weight is 383 g/mol. The number of hydrogen-bond acceptors (Lipinski definition) is 6. The molecule has 2 aromatic rings. The Balaban J connectivity index is 2.45. The third-order valence-corrected chi connectivity index (χ3v) is 3.31. The highest BCUT2D eigenvalue weighted by atomic mass is 19.3. The largest absolute Gasteiger partial charge is 0.504 e. The van der Waals surface area contributed by atoms with Gasteiger partial charge in [-0.1, -0.05) is 6.07 Å². The zero-order valence-electron chi connectivity index (χ0n) is 15.2. The van der Waals surface area contributed by atoms with Crippen LogP contribution in [0.4, 0.5) is 13.6 Å². The van der Waals surface area contributed by atoms with Crippen molar-refractivity contribution < 1.29 is 37.7 Å². The zero-order chi connectivity index (χ0) is 20.4. The first-order chi connectivity index (χ1) is 12.5. The molecule has 1 N–H and O–H groups in total. The molecule has 1 heterocycles. The molecule has 0 aliphatic heterocycles. The van der Waals surface area contributed by atoms with Crippen molar-refractivity contribution in [1.29, 1.82) is 0 Å². The van der Waals surface area contributed by atoms with E-state index in [2.05, 4.69) is 9.47 Å². The van der Waals surface area contributed by atoms with E-state index >= 15 is 0 Å². The molecule has 0 amide bonds. The predicted molar refractivity (Wildman–Crippen MR) is 91.1 cm³/mol. The highest BCUT2D eigenvalue weighted by molar-refractivity contribution is 5.94. The first kappa shape index (κ1) is 20.2. The summed E-state index contributed by atoms with van der Waals surface area (Å²) >= 11 is 0. The molecular formula is C18H19F2NO6. The molecule has 0 bridgehead atoms. The SMILES string of the molecule is COC(=O)c1cc(-c2ccc(OC(F)F)c(O)c2)cn1C(=O)OC(C)(C)C. The third-order valence-electron chi connectivity index (χ3n) is 3.31. The summed E-state index contributed by atoms with van der Waals surface area (Å²) in [5, 5.41) is 9.85. The Morgan fingerprint density at radius 1 is 1.15 bits per heavy atom. The van der Waals surface area contributed by atoms with Crippen molar-refractivity contribution in [2.45, 2.75) is 33.0 Å². The van der Waals surface area contributed by atoms with Crippen LogP contribution in [-0.4, -0.2) is 41.1 Å². The van der Waals surface area contributed by atoms with E-state index < -0.39 is 35.8 Å². The standard InChI is InChI=1S/C18H19F2NO6/c1-18(2,3)27-17(24)21-9-11(7-12(21)15(23)25-4)10-5-6-14(13(22)8-10)26-16(19)20/h5-9,16,22H,1-4H3. The van der Waals surface area contributed by atoms with Crippen molar-refractivity contribution in [3.05, 3.63) is 36.2 Å². The Kier molecular flexibility index (Phi) is 5.72. The molecule has 146 valence electrons. The number of carbonyl (C=O) groups is 2. The number of aromatic hydroxyl groups is 1. The van der Waals surface area contributed by atoms with E-state index in [-0.39, 0.29) is 5.69 Å². The Morgan fingerprint density at radius 3 is 2.33 bits per heavy atom. The number of hydrogen-bond donors (Lipinski definition) is 1. The summed E-state index contributed by atoms with van der Waals surface area (Å²) in [6, 6.07) is 5.08. The van der Waals surface area contributed by atoms with Gasteiger partial charge in [-0.2, -0.15) is 8.78 Å². The van der Waals surface area contributed by atoms with E-state index in [4.69, 9.17) is 4.74 Å².